The minimum atomic E-state index is -0.109. The summed E-state index contributed by atoms with van der Waals surface area (Å²) in [6, 6.07) is 7.20. The SMILES string of the molecule is CCNCC1(c2cccc(F)c2)CCC(C)CC1. The van der Waals surface area contributed by atoms with E-state index in [4.69, 9.17) is 0 Å². The summed E-state index contributed by atoms with van der Waals surface area (Å²) in [6.07, 6.45) is 4.85. The smallest absolute Gasteiger partial charge is 0.123 e. The van der Waals surface area contributed by atoms with Crippen molar-refractivity contribution in [3.63, 3.8) is 0 Å². The Hall–Kier alpha value is -0.890. The van der Waals surface area contributed by atoms with Crippen LogP contribution in [-0.4, -0.2) is 13.1 Å². The van der Waals surface area contributed by atoms with Gasteiger partial charge in [0.25, 0.3) is 0 Å². The van der Waals surface area contributed by atoms with Crippen molar-refractivity contribution in [1.29, 1.82) is 0 Å². The summed E-state index contributed by atoms with van der Waals surface area (Å²) in [5.74, 6) is 0.704. The summed E-state index contributed by atoms with van der Waals surface area (Å²) in [4.78, 5) is 0. The second kappa shape index (κ2) is 5.83. The molecular weight excluding hydrogens is 225 g/mol. The van der Waals surface area contributed by atoms with E-state index in [9.17, 15) is 4.39 Å². The Morgan fingerprint density at radius 3 is 2.67 bits per heavy atom. The van der Waals surface area contributed by atoms with Crippen LogP contribution in [-0.2, 0) is 5.41 Å². The number of rotatable bonds is 4. The number of hydrogen-bond acceptors (Lipinski definition) is 1. The minimum Gasteiger partial charge on any atom is -0.316 e. The van der Waals surface area contributed by atoms with Gasteiger partial charge in [-0.1, -0.05) is 26.0 Å². The first-order chi connectivity index (χ1) is 8.66. The van der Waals surface area contributed by atoms with Crippen LogP contribution < -0.4 is 5.32 Å². The van der Waals surface area contributed by atoms with Crippen molar-refractivity contribution in [2.75, 3.05) is 13.1 Å². The average Bonchev–Trinajstić information content (AvgIpc) is 2.39. The molecule has 1 aliphatic rings. The van der Waals surface area contributed by atoms with E-state index in [-0.39, 0.29) is 11.2 Å². The molecule has 1 aromatic carbocycles. The molecule has 1 N–H and O–H groups in total. The van der Waals surface area contributed by atoms with Gasteiger partial charge in [-0.15, -0.1) is 0 Å². The number of hydrogen-bond donors (Lipinski definition) is 1. The summed E-state index contributed by atoms with van der Waals surface area (Å²) in [7, 11) is 0. The van der Waals surface area contributed by atoms with Crippen molar-refractivity contribution >= 4 is 0 Å². The highest BCUT2D eigenvalue weighted by Gasteiger charge is 2.35. The van der Waals surface area contributed by atoms with Crippen molar-refractivity contribution in [2.45, 2.75) is 44.9 Å². The normalized spacial score (nSPS) is 28.3. The molecule has 1 saturated carbocycles. The standard InChI is InChI=1S/C16H24FN/c1-3-18-12-16(9-7-13(2)8-10-16)14-5-4-6-15(17)11-14/h4-6,11,13,18H,3,7-10,12H2,1-2H3. The van der Waals surface area contributed by atoms with Crippen LogP contribution in [0.4, 0.5) is 4.39 Å². The lowest BCUT2D eigenvalue weighted by molar-refractivity contribution is 0.234. The van der Waals surface area contributed by atoms with Crippen molar-refractivity contribution in [3.8, 4) is 0 Å². The molecule has 0 unspecified atom stereocenters. The van der Waals surface area contributed by atoms with Gasteiger partial charge in [-0.3, -0.25) is 0 Å². The highest BCUT2D eigenvalue weighted by atomic mass is 19.1. The zero-order chi connectivity index (χ0) is 13.0. The third kappa shape index (κ3) is 2.92. The van der Waals surface area contributed by atoms with E-state index in [1.165, 1.54) is 37.3 Å². The van der Waals surface area contributed by atoms with Gasteiger partial charge in [0, 0.05) is 12.0 Å². The monoisotopic (exact) mass is 249 g/mol. The van der Waals surface area contributed by atoms with Gasteiger partial charge < -0.3 is 5.32 Å². The zero-order valence-corrected chi connectivity index (χ0v) is 11.5. The maximum atomic E-state index is 13.5. The van der Waals surface area contributed by atoms with E-state index in [1.807, 2.05) is 6.07 Å². The van der Waals surface area contributed by atoms with Crippen LogP contribution in [0, 0.1) is 11.7 Å². The highest BCUT2D eigenvalue weighted by Crippen LogP contribution is 2.41. The Bertz CT molecular complexity index is 375. The third-order valence-corrected chi connectivity index (χ3v) is 4.38. The Morgan fingerprint density at radius 2 is 2.06 bits per heavy atom. The fraction of sp³-hybridized carbons (Fsp3) is 0.625. The van der Waals surface area contributed by atoms with Crippen LogP contribution in [0.2, 0.25) is 0 Å². The number of halogens is 1. The minimum absolute atomic E-state index is 0.109. The molecular formula is C16H24FN. The van der Waals surface area contributed by atoms with Gasteiger partial charge in [-0.2, -0.15) is 0 Å². The first-order valence-corrected chi connectivity index (χ1v) is 7.13. The molecule has 0 heterocycles. The van der Waals surface area contributed by atoms with Crippen LogP contribution in [0.25, 0.3) is 0 Å². The van der Waals surface area contributed by atoms with E-state index in [2.05, 4.69) is 25.2 Å². The highest BCUT2D eigenvalue weighted by molar-refractivity contribution is 5.27. The molecule has 0 atom stereocenters. The second-order valence-electron chi connectivity index (χ2n) is 5.75. The number of nitrogens with one attached hydrogen (secondary N) is 1. The molecule has 100 valence electrons. The molecule has 18 heavy (non-hydrogen) atoms. The van der Waals surface area contributed by atoms with Gasteiger partial charge >= 0.3 is 0 Å². The summed E-state index contributed by atoms with van der Waals surface area (Å²) in [5.41, 5.74) is 1.32. The number of benzene rings is 1. The van der Waals surface area contributed by atoms with E-state index >= 15 is 0 Å². The van der Waals surface area contributed by atoms with E-state index in [1.54, 1.807) is 6.07 Å². The Labute approximate surface area is 110 Å². The Balaban J connectivity index is 2.24. The lowest BCUT2D eigenvalue weighted by Gasteiger charge is -2.40. The van der Waals surface area contributed by atoms with Gasteiger partial charge in [-0.05, 0) is 55.8 Å². The summed E-state index contributed by atoms with van der Waals surface area (Å²) < 4.78 is 13.5. The fourth-order valence-corrected chi connectivity index (χ4v) is 3.06. The van der Waals surface area contributed by atoms with E-state index < -0.39 is 0 Å². The molecule has 2 rings (SSSR count). The Morgan fingerprint density at radius 1 is 1.33 bits per heavy atom. The van der Waals surface area contributed by atoms with Gasteiger partial charge in [0.05, 0.1) is 0 Å². The van der Waals surface area contributed by atoms with Crippen LogP contribution >= 0.6 is 0 Å². The molecule has 1 aromatic rings. The van der Waals surface area contributed by atoms with Crippen molar-refractivity contribution < 1.29 is 4.39 Å². The second-order valence-corrected chi connectivity index (χ2v) is 5.75. The predicted molar refractivity (Wildman–Crippen MR) is 74.3 cm³/mol. The van der Waals surface area contributed by atoms with Crippen LogP contribution in [0.3, 0.4) is 0 Å². The molecule has 1 fully saturated rings. The largest absolute Gasteiger partial charge is 0.316 e. The van der Waals surface area contributed by atoms with Gasteiger partial charge in [0.1, 0.15) is 5.82 Å². The maximum Gasteiger partial charge on any atom is 0.123 e. The molecule has 1 aliphatic carbocycles. The first kappa shape index (κ1) is 13.5. The molecule has 0 aromatic heterocycles. The van der Waals surface area contributed by atoms with Crippen LogP contribution in [0.5, 0.6) is 0 Å². The predicted octanol–water partition coefficient (Wildman–Crippen LogP) is 3.88. The van der Waals surface area contributed by atoms with Gasteiger partial charge in [0.15, 0.2) is 0 Å². The molecule has 0 bridgehead atoms. The summed E-state index contributed by atoms with van der Waals surface area (Å²) in [6.45, 7) is 6.40. The van der Waals surface area contributed by atoms with Crippen molar-refractivity contribution in [2.24, 2.45) is 5.92 Å². The van der Waals surface area contributed by atoms with Gasteiger partial charge in [-0.25, -0.2) is 4.39 Å². The molecule has 0 saturated heterocycles. The van der Waals surface area contributed by atoms with Gasteiger partial charge in [0.2, 0.25) is 0 Å². The molecule has 1 nitrogen and oxygen atoms in total. The lowest BCUT2D eigenvalue weighted by atomic mass is 9.67. The number of likely N-dealkylation sites (N-methyl/N-ethyl adjacent to an activating group) is 1. The fourth-order valence-electron chi connectivity index (χ4n) is 3.06. The lowest BCUT2D eigenvalue weighted by Crippen LogP contribution is -2.41. The zero-order valence-electron chi connectivity index (χ0n) is 11.5. The first-order valence-electron chi connectivity index (χ1n) is 7.13. The molecule has 0 spiro atoms. The van der Waals surface area contributed by atoms with Crippen molar-refractivity contribution in [3.05, 3.63) is 35.6 Å². The molecule has 0 aliphatic heterocycles. The summed E-state index contributed by atoms with van der Waals surface area (Å²) in [5, 5.41) is 3.47. The van der Waals surface area contributed by atoms with Crippen LogP contribution in [0.15, 0.2) is 24.3 Å². The quantitative estimate of drug-likeness (QED) is 0.854. The summed E-state index contributed by atoms with van der Waals surface area (Å²) >= 11 is 0. The molecule has 0 radical (unpaired) electrons. The van der Waals surface area contributed by atoms with Crippen molar-refractivity contribution in [1.82, 2.24) is 5.32 Å². The third-order valence-electron chi connectivity index (χ3n) is 4.38. The Kier molecular flexibility index (Phi) is 4.39. The topological polar surface area (TPSA) is 12.0 Å². The molecule has 0 amide bonds. The van der Waals surface area contributed by atoms with Crippen LogP contribution in [0.1, 0.15) is 45.1 Å². The molecule has 2 heteroatoms. The van der Waals surface area contributed by atoms with E-state index in [0.29, 0.717) is 0 Å². The van der Waals surface area contributed by atoms with E-state index in [0.717, 1.165) is 19.0 Å². The maximum absolute atomic E-state index is 13.5. The average molecular weight is 249 g/mol.